The highest BCUT2D eigenvalue weighted by atomic mass is 16.1. The minimum absolute atomic E-state index is 0.0512. The minimum atomic E-state index is 0.0512. The normalized spacial score (nSPS) is 20.5. The first-order valence-corrected chi connectivity index (χ1v) is 9.91. The van der Waals surface area contributed by atoms with Crippen LogP contribution in [0.5, 0.6) is 0 Å². The van der Waals surface area contributed by atoms with Gasteiger partial charge in [0, 0.05) is 18.8 Å². The van der Waals surface area contributed by atoms with Crippen LogP contribution in [-0.4, -0.2) is 18.9 Å². The van der Waals surface area contributed by atoms with Crippen LogP contribution in [0.15, 0.2) is 53.6 Å². The van der Waals surface area contributed by atoms with Gasteiger partial charge in [0.1, 0.15) is 0 Å². The molecule has 0 amide bonds. The van der Waals surface area contributed by atoms with Crippen molar-refractivity contribution in [3.63, 3.8) is 0 Å². The summed E-state index contributed by atoms with van der Waals surface area (Å²) < 4.78 is 0. The second-order valence-electron chi connectivity index (χ2n) is 8.29. The van der Waals surface area contributed by atoms with E-state index >= 15 is 0 Å². The maximum Gasteiger partial charge on any atom is 0.178 e. The molecule has 0 saturated carbocycles. The van der Waals surface area contributed by atoms with Crippen molar-refractivity contribution in [3.8, 4) is 0 Å². The molecule has 0 unspecified atom stereocenters. The largest absolute Gasteiger partial charge is 0.372 e. The van der Waals surface area contributed by atoms with Gasteiger partial charge in [-0.2, -0.15) is 0 Å². The van der Waals surface area contributed by atoms with Crippen molar-refractivity contribution in [1.82, 2.24) is 0 Å². The van der Waals surface area contributed by atoms with E-state index in [2.05, 4.69) is 49.9 Å². The van der Waals surface area contributed by atoms with Gasteiger partial charge in [-0.25, -0.2) is 0 Å². The Morgan fingerprint density at radius 1 is 1.00 bits per heavy atom. The fourth-order valence-corrected chi connectivity index (χ4v) is 4.18. The van der Waals surface area contributed by atoms with E-state index < -0.39 is 0 Å². The van der Waals surface area contributed by atoms with Crippen molar-refractivity contribution in [2.45, 2.75) is 52.9 Å². The number of hydrogen-bond acceptors (Lipinski definition) is 2. The minimum Gasteiger partial charge on any atom is -0.372 e. The number of carbonyl (C=O) groups excluding carboxylic acids is 1. The van der Waals surface area contributed by atoms with E-state index in [1.54, 1.807) is 12.2 Å². The lowest BCUT2D eigenvalue weighted by molar-refractivity contribution is -0.110. The molecule has 0 atom stereocenters. The number of anilines is 1. The van der Waals surface area contributed by atoms with Gasteiger partial charge < -0.3 is 4.90 Å². The summed E-state index contributed by atoms with van der Waals surface area (Å²) in [6.45, 7) is 9.06. The summed E-state index contributed by atoms with van der Waals surface area (Å²) in [6, 6.07) is 8.50. The molecule has 1 aliphatic heterocycles. The number of nitrogens with zero attached hydrogens (tertiary/aromatic N) is 1. The molecule has 138 valence electrons. The Bertz CT molecular complexity index is 728. The number of benzene rings is 1. The lowest BCUT2D eigenvalue weighted by atomic mass is 9.72. The van der Waals surface area contributed by atoms with Crippen molar-refractivity contribution in [3.05, 3.63) is 59.2 Å². The average Bonchev–Trinajstić information content (AvgIpc) is 3.14. The molecule has 0 spiro atoms. The van der Waals surface area contributed by atoms with Crippen molar-refractivity contribution in [2.75, 3.05) is 18.0 Å². The monoisotopic (exact) mass is 349 g/mol. The summed E-state index contributed by atoms with van der Waals surface area (Å²) in [4.78, 5) is 14.7. The number of carbonyl (C=O) groups is 1. The zero-order chi connectivity index (χ0) is 18.6. The zero-order valence-electron chi connectivity index (χ0n) is 16.4. The third-order valence-electron chi connectivity index (χ3n) is 5.76. The molecule has 1 aromatic rings. The molecule has 0 aromatic heterocycles. The molecule has 1 aromatic carbocycles. The maximum atomic E-state index is 12.2. The highest BCUT2D eigenvalue weighted by molar-refractivity contribution is 6.02. The van der Waals surface area contributed by atoms with E-state index in [-0.39, 0.29) is 11.2 Å². The molecule has 0 bridgehead atoms. The summed E-state index contributed by atoms with van der Waals surface area (Å²) >= 11 is 0. The first-order valence-electron chi connectivity index (χ1n) is 9.91. The molecule has 1 aliphatic carbocycles. The second-order valence-corrected chi connectivity index (χ2v) is 8.29. The predicted molar refractivity (Wildman–Crippen MR) is 111 cm³/mol. The Kier molecular flexibility index (Phi) is 5.80. The Balaban J connectivity index is 1.62. The van der Waals surface area contributed by atoms with Gasteiger partial charge in [0.2, 0.25) is 0 Å². The summed E-state index contributed by atoms with van der Waals surface area (Å²) in [5.74, 6) is 0.0512. The van der Waals surface area contributed by atoms with Gasteiger partial charge in [-0.05, 0) is 79.9 Å². The highest BCUT2D eigenvalue weighted by Gasteiger charge is 2.26. The number of allylic oxidation sites excluding steroid dienone is 5. The molecule has 26 heavy (non-hydrogen) atoms. The summed E-state index contributed by atoms with van der Waals surface area (Å²) in [6.07, 6.45) is 13.5. The van der Waals surface area contributed by atoms with Crippen molar-refractivity contribution in [2.24, 2.45) is 5.41 Å². The topological polar surface area (TPSA) is 20.3 Å². The summed E-state index contributed by atoms with van der Waals surface area (Å²) in [7, 11) is 0. The van der Waals surface area contributed by atoms with Gasteiger partial charge >= 0.3 is 0 Å². The van der Waals surface area contributed by atoms with Crippen LogP contribution in [0.1, 0.15) is 58.4 Å². The summed E-state index contributed by atoms with van der Waals surface area (Å²) in [5, 5.41) is 0. The molecule has 0 N–H and O–H groups in total. The van der Waals surface area contributed by atoms with Crippen molar-refractivity contribution < 1.29 is 4.79 Å². The zero-order valence-corrected chi connectivity index (χ0v) is 16.4. The smallest absolute Gasteiger partial charge is 0.178 e. The van der Waals surface area contributed by atoms with Crippen LogP contribution >= 0.6 is 0 Å². The number of rotatable bonds is 5. The predicted octanol–water partition coefficient (Wildman–Crippen LogP) is 5.95. The molecular weight excluding hydrogens is 318 g/mol. The fraction of sp³-hybridized carbons (Fsp3) is 0.458. The van der Waals surface area contributed by atoms with Crippen LogP contribution < -0.4 is 4.90 Å². The third kappa shape index (κ3) is 4.55. The van der Waals surface area contributed by atoms with E-state index in [1.165, 1.54) is 42.5 Å². The first kappa shape index (κ1) is 18.7. The fourth-order valence-electron chi connectivity index (χ4n) is 4.18. The second kappa shape index (κ2) is 8.07. The Hall–Kier alpha value is -2.09. The van der Waals surface area contributed by atoms with Crippen molar-refractivity contribution >= 4 is 17.5 Å². The van der Waals surface area contributed by atoms with Crippen LogP contribution in [-0.2, 0) is 4.79 Å². The quantitative estimate of drug-likeness (QED) is 0.612. The Morgan fingerprint density at radius 3 is 2.31 bits per heavy atom. The maximum absolute atomic E-state index is 12.2. The van der Waals surface area contributed by atoms with Gasteiger partial charge in [-0.3, -0.25) is 4.79 Å². The molecule has 1 heterocycles. The average molecular weight is 350 g/mol. The number of ketones is 1. The van der Waals surface area contributed by atoms with Crippen LogP contribution in [0.4, 0.5) is 5.69 Å². The van der Waals surface area contributed by atoms with E-state index in [0.29, 0.717) is 0 Å². The SMILES string of the molecule is CC1=C(/C=C/C(=O)/C=C/c2ccc(N3CCCC3)cc2)C(C)(C)CCC1. The Morgan fingerprint density at radius 2 is 1.65 bits per heavy atom. The van der Waals surface area contributed by atoms with E-state index in [4.69, 9.17) is 0 Å². The standard InChI is InChI=1S/C24H31NO/c1-19-7-6-16-24(2,3)23(19)15-14-22(26)13-10-20-8-11-21(12-9-20)25-17-4-5-18-25/h8-15H,4-7,16-18H2,1-3H3/b13-10+,15-14+. The van der Waals surface area contributed by atoms with Gasteiger partial charge in [0.05, 0.1) is 0 Å². The van der Waals surface area contributed by atoms with Gasteiger partial charge in [0.15, 0.2) is 5.78 Å². The van der Waals surface area contributed by atoms with Crippen molar-refractivity contribution in [1.29, 1.82) is 0 Å². The van der Waals surface area contributed by atoms with Crippen LogP contribution in [0.2, 0.25) is 0 Å². The highest BCUT2D eigenvalue weighted by Crippen LogP contribution is 2.40. The van der Waals surface area contributed by atoms with E-state index in [0.717, 1.165) is 25.1 Å². The van der Waals surface area contributed by atoms with Crippen LogP contribution in [0.25, 0.3) is 6.08 Å². The van der Waals surface area contributed by atoms with E-state index in [9.17, 15) is 4.79 Å². The number of hydrogen-bond donors (Lipinski definition) is 0. The Labute approximate surface area is 158 Å². The first-order chi connectivity index (χ1) is 12.5. The molecule has 3 rings (SSSR count). The molecule has 0 radical (unpaired) electrons. The lowest BCUT2D eigenvalue weighted by Crippen LogP contribution is -2.19. The van der Waals surface area contributed by atoms with Crippen LogP contribution in [0.3, 0.4) is 0 Å². The van der Waals surface area contributed by atoms with Gasteiger partial charge in [-0.15, -0.1) is 0 Å². The molecule has 2 aliphatic rings. The third-order valence-corrected chi connectivity index (χ3v) is 5.76. The van der Waals surface area contributed by atoms with Gasteiger partial charge in [-0.1, -0.05) is 43.7 Å². The molecule has 2 heteroatoms. The summed E-state index contributed by atoms with van der Waals surface area (Å²) in [5.41, 5.74) is 5.29. The van der Waals surface area contributed by atoms with Crippen LogP contribution in [0, 0.1) is 5.41 Å². The lowest BCUT2D eigenvalue weighted by Gasteiger charge is -2.32. The molecular formula is C24H31NO. The molecule has 1 saturated heterocycles. The van der Waals surface area contributed by atoms with Gasteiger partial charge in [0.25, 0.3) is 0 Å². The van der Waals surface area contributed by atoms with E-state index in [1.807, 2.05) is 12.2 Å². The molecule has 2 nitrogen and oxygen atoms in total. The molecule has 1 fully saturated rings.